The first-order valence-corrected chi connectivity index (χ1v) is 6.51. The molecule has 1 aromatic heterocycles. The van der Waals surface area contributed by atoms with Gasteiger partial charge in [-0.1, -0.05) is 0 Å². The summed E-state index contributed by atoms with van der Waals surface area (Å²) in [4.78, 5) is 4.05. The molecule has 1 N–H and O–H groups in total. The average molecular weight is 276 g/mol. The van der Waals surface area contributed by atoms with Gasteiger partial charge in [0, 0.05) is 36.6 Å². The predicted octanol–water partition coefficient (Wildman–Crippen LogP) is 3.40. The Balaban J connectivity index is 1.78. The maximum absolute atomic E-state index is 13.6. The van der Waals surface area contributed by atoms with Gasteiger partial charge < -0.3 is 10.1 Å². The van der Waals surface area contributed by atoms with Crippen LogP contribution >= 0.6 is 0 Å². The molecule has 2 aromatic rings. The second-order valence-corrected chi connectivity index (χ2v) is 4.82. The number of halogens is 2. The minimum Gasteiger partial charge on any atom is -0.454 e. The lowest BCUT2D eigenvalue weighted by Crippen LogP contribution is -2.15. The molecule has 1 heterocycles. The van der Waals surface area contributed by atoms with E-state index < -0.39 is 11.6 Å². The maximum Gasteiger partial charge on any atom is 0.168 e. The summed E-state index contributed by atoms with van der Waals surface area (Å²) in [5.41, 5.74) is 0.850. The summed E-state index contributed by atoms with van der Waals surface area (Å²) in [5.74, 6) is -0.813. The number of aromatic nitrogens is 1. The topological polar surface area (TPSA) is 34.1 Å². The zero-order valence-electron chi connectivity index (χ0n) is 10.8. The fourth-order valence-electron chi connectivity index (χ4n) is 1.86. The lowest BCUT2D eigenvalue weighted by Gasteiger charge is -2.11. The number of rotatable bonds is 5. The minimum atomic E-state index is -0.720. The molecule has 0 amide bonds. The Kier molecular flexibility index (Phi) is 3.60. The van der Waals surface area contributed by atoms with Gasteiger partial charge in [-0.3, -0.25) is 4.98 Å². The van der Waals surface area contributed by atoms with Gasteiger partial charge >= 0.3 is 0 Å². The molecular weight excluding hydrogens is 262 g/mol. The molecule has 1 saturated carbocycles. The number of nitrogens with zero attached hydrogens (tertiary/aromatic N) is 1. The summed E-state index contributed by atoms with van der Waals surface area (Å²) in [7, 11) is 0. The molecule has 1 aromatic carbocycles. The van der Waals surface area contributed by atoms with Crippen molar-refractivity contribution in [3.05, 3.63) is 53.9 Å². The van der Waals surface area contributed by atoms with E-state index in [1.807, 2.05) is 0 Å². The summed E-state index contributed by atoms with van der Waals surface area (Å²) < 4.78 is 32.0. The summed E-state index contributed by atoms with van der Waals surface area (Å²) in [6, 6.07) is 5.49. The van der Waals surface area contributed by atoms with Gasteiger partial charge in [-0.05, 0) is 31.0 Å². The van der Waals surface area contributed by atoms with Gasteiger partial charge in [0.1, 0.15) is 11.6 Å². The average Bonchev–Trinajstić information content (AvgIpc) is 3.25. The highest BCUT2D eigenvalue weighted by Crippen LogP contribution is 2.28. The monoisotopic (exact) mass is 276 g/mol. The summed E-state index contributed by atoms with van der Waals surface area (Å²) in [5, 5.41) is 3.35. The fourth-order valence-corrected chi connectivity index (χ4v) is 1.86. The summed E-state index contributed by atoms with van der Waals surface area (Å²) >= 11 is 0. The van der Waals surface area contributed by atoms with Crippen molar-refractivity contribution >= 4 is 0 Å². The summed E-state index contributed by atoms with van der Waals surface area (Å²) in [6.07, 6.45) is 5.63. The zero-order chi connectivity index (χ0) is 13.9. The van der Waals surface area contributed by atoms with E-state index in [2.05, 4.69) is 10.3 Å². The Morgan fingerprint density at radius 2 is 2.05 bits per heavy atom. The van der Waals surface area contributed by atoms with Crippen molar-refractivity contribution in [2.75, 3.05) is 0 Å². The van der Waals surface area contributed by atoms with Crippen molar-refractivity contribution in [1.29, 1.82) is 0 Å². The molecule has 3 nitrogen and oxygen atoms in total. The molecule has 0 radical (unpaired) electrons. The molecule has 0 saturated heterocycles. The molecule has 0 aliphatic heterocycles. The van der Waals surface area contributed by atoms with E-state index >= 15 is 0 Å². The summed E-state index contributed by atoms with van der Waals surface area (Å²) in [6.45, 7) is 0.622. The molecule has 0 bridgehead atoms. The molecular formula is C15H14F2N2O. The van der Waals surface area contributed by atoms with Crippen LogP contribution in [0, 0.1) is 11.6 Å². The molecule has 1 aliphatic rings. The van der Waals surface area contributed by atoms with Crippen LogP contribution in [0.4, 0.5) is 8.78 Å². The van der Waals surface area contributed by atoms with Gasteiger partial charge in [-0.15, -0.1) is 0 Å². The van der Waals surface area contributed by atoms with Gasteiger partial charge in [-0.25, -0.2) is 8.78 Å². The first-order valence-electron chi connectivity index (χ1n) is 6.51. The van der Waals surface area contributed by atoms with Crippen LogP contribution in [0.1, 0.15) is 18.4 Å². The van der Waals surface area contributed by atoms with E-state index in [-0.39, 0.29) is 5.75 Å². The third-order valence-corrected chi connectivity index (χ3v) is 3.13. The Bertz CT molecular complexity index is 615. The van der Waals surface area contributed by atoms with Crippen LogP contribution in [0.5, 0.6) is 11.5 Å². The number of hydrogen-bond donors (Lipinski definition) is 1. The quantitative estimate of drug-likeness (QED) is 0.908. The van der Waals surface area contributed by atoms with E-state index in [1.54, 1.807) is 18.5 Å². The second-order valence-electron chi connectivity index (χ2n) is 4.82. The molecule has 3 rings (SSSR count). The van der Waals surface area contributed by atoms with Crippen LogP contribution in [0.15, 0.2) is 36.7 Å². The van der Waals surface area contributed by atoms with E-state index in [1.165, 1.54) is 25.0 Å². The standard InChI is InChI=1S/C15H14F2N2O/c16-11-1-4-15(13(17)7-11)20-14-5-6-18-8-10(14)9-19-12-2-3-12/h1,4-8,12,19H,2-3,9H2. The van der Waals surface area contributed by atoms with Gasteiger partial charge in [0.25, 0.3) is 0 Å². The molecule has 1 aliphatic carbocycles. The van der Waals surface area contributed by atoms with Gasteiger partial charge in [-0.2, -0.15) is 0 Å². The van der Waals surface area contributed by atoms with E-state index in [0.29, 0.717) is 18.3 Å². The molecule has 1 fully saturated rings. The van der Waals surface area contributed by atoms with Crippen LogP contribution in [0.2, 0.25) is 0 Å². The number of ether oxygens (including phenoxy) is 1. The highest BCUT2D eigenvalue weighted by atomic mass is 19.1. The SMILES string of the molecule is Fc1ccc(Oc2ccncc2CNC2CC2)c(F)c1. The zero-order valence-corrected chi connectivity index (χ0v) is 10.8. The molecule has 5 heteroatoms. The van der Waals surface area contributed by atoms with E-state index in [9.17, 15) is 8.78 Å². The van der Waals surface area contributed by atoms with Gasteiger partial charge in [0.15, 0.2) is 11.6 Å². The lowest BCUT2D eigenvalue weighted by molar-refractivity contribution is 0.431. The van der Waals surface area contributed by atoms with Crippen LogP contribution in [-0.4, -0.2) is 11.0 Å². The first-order chi connectivity index (χ1) is 9.72. The van der Waals surface area contributed by atoms with E-state index in [4.69, 9.17) is 4.74 Å². The number of nitrogens with one attached hydrogen (secondary N) is 1. The van der Waals surface area contributed by atoms with E-state index in [0.717, 1.165) is 11.6 Å². The number of benzene rings is 1. The van der Waals surface area contributed by atoms with Crippen LogP contribution < -0.4 is 10.1 Å². The van der Waals surface area contributed by atoms with Crippen molar-refractivity contribution in [2.45, 2.75) is 25.4 Å². The first kappa shape index (κ1) is 13.0. The van der Waals surface area contributed by atoms with Crippen LogP contribution in [0.25, 0.3) is 0 Å². The lowest BCUT2D eigenvalue weighted by atomic mass is 10.2. The largest absolute Gasteiger partial charge is 0.454 e. The van der Waals surface area contributed by atoms with Crippen LogP contribution in [-0.2, 0) is 6.54 Å². The molecule has 0 spiro atoms. The molecule has 0 atom stereocenters. The normalized spacial score (nSPS) is 14.3. The Hall–Kier alpha value is -2.01. The Labute approximate surface area is 115 Å². The maximum atomic E-state index is 13.6. The smallest absolute Gasteiger partial charge is 0.168 e. The van der Waals surface area contributed by atoms with Crippen LogP contribution in [0.3, 0.4) is 0 Å². The number of hydrogen-bond acceptors (Lipinski definition) is 3. The van der Waals surface area contributed by atoms with Gasteiger partial charge in [0.2, 0.25) is 0 Å². The highest BCUT2D eigenvalue weighted by molar-refractivity contribution is 5.36. The van der Waals surface area contributed by atoms with Gasteiger partial charge in [0.05, 0.1) is 0 Å². The Morgan fingerprint density at radius 1 is 1.20 bits per heavy atom. The molecule has 104 valence electrons. The highest BCUT2D eigenvalue weighted by Gasteiger charge is 2.20. The van der Waals surface area contributed by atoms with Crippen molar-refractivity contribution in [3.63, 3.8) is 0 Å². The fraction of sp³-hybridized carbons (Fsp3) is 0.267. The molecule has 20 heavy (non-hydrogen) atoms. The third-order valence-electron chi connectivity index (χ3n) is 3.13. The predicted molar refractivity (Wildman–Crippen MR) is 70.5 cm³/mol. The second kappa shape index (κ2) is 5.54. The van der Waals surface area contributed by atoms with Crippen molar-refractivity contribution < 1.29 is 13.5 Å². The Morgan fingerprint density at radius 3 is 2.80 bits per heavy atom. The minimum absolute atomic E-state index is 0.00488. The third kappa shape index (κ3) is 3.11. The van der Waals surface area contributed by atoms with Crippen molar-refractivity contribution in [1.82, 2.24) is 10.3 Å². The molecule has 0 unspecified atom stereocenters. The van der Waals surface area contributed by atoms with Crippen molar-refractivity contribution in [2.24, 2.45) is 0 Å². The van der Waals surface area contributed by atoms with Crippen molar-refractivity contribution in [3.8, 4) is 11.5 Å². The number of pyridine rings is 1.